The van der Waals surface area contributed by atoms with E-state index in [1.54, 1.807) is 31.1 Å². The number of nitrogens with zero attached hydrogens (tertiary/aromatic N) is 5. The second kappa shape index (κ2) is 8.54. The van der Waals surface area contributed by atoms with Crippen LogP contribution in [0.25, 0.3) is 11.2 Å². The molecular formula is C20H24N6O3. The minimum atomic E-state index is -0.183. The Morgan fingerprint density at radius 2 is 2.03 bits per heavy atom. The lowest BCUT2D eigenvalue weighted by atomic mass is 10.0. The standard InChI is InChI=1S/C20H24N6O3/c1-25-19-17(23-24-25)11-15(12-21-19)20(27)22-13-18(26-7-9-29-10-8-26)14-3-5-16(28-2)6-4-14/h3-6,11-12,18H,7-10,13H2,1-2H3,(H,22,27)/t18-/m1/s1. The molecule has 3 heterocycles. The lowest BCUT2D eigenvalue weighted by molar-refractivity contribution is 0.0162. The molecule has 0 radical (unpaired) electrons. The van der Waals surface area contributed by atoms with Crippen molar-refractivity contribution in [1.29, 1.82) is 0 Å². The molecule has 1 aromatic carbocycles. The number of morpholine rings is 1. The molecule has 0 unspecified atom stereocenters. The summed E-state index contributed by atoms with van der Waals surface area (Å²) in [4.78, 5) is 19.4. The Morgan fingerprint density at radius 1 is 1.28 bits per heavy atom. The van der Waals surface area contributed by atoms with E-state index in [9.17, 15) is 4.79 Å². The number of hydrogen-bond donors (Lipinski definition) is 1. The number of rotatable bonds is 6. The zero-order valence-corrected chi connectivity index (χ0v) is 16.5. The molecule has 4 rings (SSSR count). The summed E-state index contributed by atoms with van der Waals surface area (Å²) in [5, 5.41) is 11.0. The van der Waals surface area contributed by atoms with Crippen LogP contribution >= 0.6 is 0 Å². The maximum absolute atomic E-state index is 12.7. The molecule has 29 heavy (non-hydrogen) atoms. The fraction of sp³-hybridized carbons (Fsp3) is 0.400. The van der Waals surface area contributed by atoms with Crippen molar-refractivity contribution < 1.29 is 14.3 Å². The summed E-state index contributed by atoms with van der Waals surface area (Å²) in [7, 11) is 3.42. The van der Waals surface area contributed by atoms with Crippen molar-refractivity contribution in [3.63, 3.8) is 0 Å². The first-order valence-electron chi connectivity index (χ1n) is 9.55. The lowest BCUT2D eigenvalue weighted by Crippen LogP contribution is -2.43. The number of fused-ring (bicyclic) bond motifs is 1. The molecule has 9 heteroatoms. The average Bonchev–Trinajstić information content (AvgIpc) is 3.15. The third-order valence-electron chi connectivity index (χ3n) is 5.15. The number of pyridine rings is 1. The molecular weight excluding hydrogens is 372 g/mol. The predicted octanol–water partition coefficient (Wildman–Crippen LogP) is 1.18. The Bertz CT molecular complexity index is 982. The predicted molar refractivity (Wildman–Crippen MR) is 107 cm³/mol. The molecule has 0 bridgehead atoms. The Balaban J connectivity index is 1.50. The van der Waals surface area contributed by atoms with Crippen molar-refractivity contribution in [3.05, 3.63) is 47.7 Å². The number of carbonyl (C=O) groups is 1. The van der Waals surface area contributed by atoms with Crippen LogP contribution in [0.5, 0.6) is 5.75 Å². The average molecular weight is 396 g/mol. The Morgan fingerprint density at radius 3 is 2.76 bits per heavy atom. The van der Waals surface area contributed by atoms with Gasteiger partial charge in [0.2, 0.25) is 0 Å². The minimum absolute atomic E-state index is 0.0435. The number of methoxy groups -OCH3 is 1. The first-order chi connectivity index (χ1) is 14.2. The van der Waals surface area contributed by atoms with Crippen LogP contribution in [-0.2, 0) is 11.8 Å². The van der Waals surface area contributed by atoms with Crippen molar-refractivity contribution >= 4 is 17.1 Å². The number of hydrogen-bond acceptors (Lipinski definition) is 7. The van der Waals surface area contributed by atoms with Crippen LogP contribution in [0.2, 0.25) is 0 Å². The van der Waals surface area contributed by atoms with E-state index in [-0.39, 0.29) is 11.9 Å². The minimum Gasteiger partial charge on any atom is -0.497 e. The van der Waals surface area contributed by atoms with Crippen molar-refractivity contribution in [2.45, 2.75) is 6.04 Å². The molecule has 1 aliphatic rings. The smallest absolute Gasteiger partial charge is 0.252 e. The molecule has 2 aromatic heterocycles. The molecule has 1 atom stereocenters. The van der Waals surface area contributed by atoms with Crippen LogP contribution in [-0.4, -0.2) is 70.7 Å². The van der Waals surface area contributed by atoms with Gasteiger partial charge in [0, 0.05) is 32.9 Å². The molecule has 3 aromatic rings. The summed E-state index contributed by atoms with van der Waals surface area (Å²) >= 11 is 0. The molecule has 0 aliphatic carbocycles. The van der Waals surface area contributed by atoms with Gasteiger partial charge in [0.1, 0.15) is 11.3 Å². The normalized spacial score (nSPS) is 15.9. The number of benzene rings is 1. The molecule has 1 amide bonds. The summed E-state index contributed by atoms with van der Waals surface area (Å²) in [5.74, 6) is 0.624. The van der Waals surface area contributed by atoms with E-state index in [1.807, 2.05) is 24.3 Å². The van der Waals surface area contributed by atoms with Crippen LogP contribution in [0.1, 0.15) is 22.0 Å². The van der Waals surface area contributed by atoms with Crippen molar-refractivity contribution in [3.8, 4) is 5.75 Å². The third-order valence-corrected chi connectivity index (χ3v) is 5.15. The lowest BCUT2D eigenvalue weighted by Gasteiger charge is -2.35. The second-order valence-corrected chi connectivity index (χ2v) is 6.93. The number of aryl methyl sites for hydroxylation is 1. The fourth-order valence-electron chi connectivity index (χ4n) is 3.52. The topological polar surface area (TPSA) is 94.4 Å². The quantitative estimate of drug-likeness (QED) is 0.668. The highest BCUT2D eigenvalue weighted by Gasteiger charge is 2.23. The molecule has 0 spiro atoms. The van der Waals surface area contributed by atoms with E-state index in [1.165, 1.54) is 0 Å². The van der Waals surface area contributed by atoms with E-state index in [0.717, 1.165) is 24.4 Å². The number of aromatic nitrogens is 4. The molecule has 1 aliphatic heterocycles. The summed E-state index contributed by atoms with van der Waals surface area (Å²) in [6.07, 6.45) is 1.55. The molecule has 1 N–H and O–H groups in total. The third kappa shape index (κ3) is 4.20. The van der Waals surface area contributed by atoms with E-state index in [0.29, 0.717) is 36.5 Å². The van der Waals surface area contributed by atoms with E-state index >= 15 is 0 Å². The van der Waals surface area contributed by atoms with Gasteiger partial charge in [-0.05, 0) is 23.8 Å². The van der Waals surface area contributed by atoms with Crippen LogP contribution in [0, 0.1) is 0 Å². The van der Waals surface area contributed by atoms with Gasteiger partial charge in [0.25, 0.3) is 5.91 Å². The summed E-state index contributed by atoms with van der Waals surface area (Å²) in [5.41, 5.74) is 2.83. The van der Waals surface area contributed by atoms with Crippen LogP contribution in [0.3, 0.4) is 0 Å². The van der Waals surface area contributed by atoms with Gasteiger partial charge in [-0.1, -0.05) is 17.3 Å². The number of carbonyl (C=O) groups excluding carboxylic acids is 1. The Kier molecular flexibility index (Phi) is 5.68. The van der Waals surface area contributed by atoms with Crippen LogP contribution in [0.4, 0.5) is 0 Å². The van der Waals surface area contributed by atoms with Crippen molar-refractivity contribution in [2.75, 3.05) is 40.0 Å². The van der Waals surface area contributed by atoms with Gasteiger partial charge >= 0.3 is 0 Å². The van der Waals surface area contributed by atoms with Crippen molar-refractivity contribution in [2.24, 2.45) is 7.05 Å². The van der Waals surface area contributed by atoms with E-state index < -0.39 is 0 Å². The summed E-state index contributed by atoms with van der Waals surface area (Å²) in [6.45, 7) is 3.49. The molecule has 0 saturated carbocycles. The number of amides is 1. The molecule has 9 nitrogen and oxygen atoms in total. The monoisotopic (exact) mass is 396 g/mol. The number of ether oxygens (including phenoxy) is 2. The molecule has 1 saturated heterocycles. The maximum atomic E-state index is 12.7. The van der Waals surface area contributed by atoms with Gasteiger partial charge in [-0.15, -0.1) is 5.10 Å². The van der Waals surface area contributed by atoms with E-state index in [4.69, 9.17) is 9.47 Å². The Hall–Kier alpha value is -3.04. The largest absolute Gasteiger partial charge is 0.497 e. The first kappa shape index (κ1) is 19.3. The SMILES string of the molecule is COc1ccc([C@@H](CNC(=O)c2cnc3c(c2)nnn3C)N2CCOCC2)cc1. The second-order valence-electron chi connectivity index (χ2n) is 6.93. The zero-order valence-electron chi connectivity index (χ0n) is 16.5. The molecule has 152 valence electrons. The highest BCUT2D eigenvalue weighted by atomic mass is 16.5. The number of nitrogens with one attached hydrogen (secondary N) is 1. The zero-order chi connectivity index (χ0) is 20.2. The van der Waals surface area contributed by atoms with Gasteiger partial charge in [-0.3, -0.25) is 9.69 Å². The van der Waals surface area contributed by atoms with Crippen LogP contribution < -0.4 is 10.1 Å². The molecule has 1 fully saturated rings. The van der Waals surface area contributed by atoms with Gasteiger partial charge in [0.05, 0.1) is 31.9 Å². The van der Waals surface area contributed by atoms with Gasteiger partial charge in [0.15, 0.2) is 5.65 Å². The van der Waals surface area contributed by atoms with Gasteiger partial charge in [-0.25, -0.2) is 9.67 Å². The van der Waals surface area contributed by atoms with Gasteiger partial charge in [-0.2, -0.15) is 0 Å². The highest BCUT2D eigenvalue weighted by Crippen LogP contribution is 2.24. The first-order valence-corrected chi connectivity index (χ1v) is 9.55. The maximum Gasteiger partial charge on any atom is 0.252 e. The summed E-state index contributed by atoms with van der Waals surface area (Å²) in [6, 6.07) is 9.72. The van der Waals surface area contributed by atoms with Crippen LogP contribution in [0.15, 0.2) is 36.5 Å². The van der Waals surface area contributed by atoms with E-state index in [2.05, 4.69) is 25.5 Å². The van der Waals surface area contributed by atoms with Gasteiger partial charge < -0.3 is 14.8 Å². The Labute approximate surface area is 168 Å². The highest BCUT2D eigenvalue weighted by molar-refractivity contribution is 5.96. The fourth-order valence-corrected chi connectivity index (χ4v) is 3.52. The summed E-state index contributed by atoms with van der Waals surface area (Å²) < 4.78 is 12.3. The van der Waals surface area contributed by atoms with Crippen molar-refractivity contribution in [1.82, 2.24) is 30.2 Å².